The van der Waals surface area contributed by atoms with Crippen LogP contribution in [-0.2, 0) is 15.7 Å². The van der Waals surface area contributed by atoms with Crippen LogP contribution in [0.25, 0.3) is 0 Å². The lowest BCUT2D eigenvalue weighted by Gasteiger charge is -2.28. The Morgan fingerprint density at radius 1 is 1.28 bits per heavy atom. The maximum absolute atomic E-state index is 12.4. The second-order valence-corrected chi connectivity index (χ2v) is 7.24. The van der Waals surface area contributed by atoms with E-state index in [9.17, 15) is 17.4 Å². The average molecular weight is 285 g/mol. The third-order valence-electron chi connectivity index (χ3n) is 2.62. The molecule has 0 amide bonds. The zero-order valence-corrected chi connectivity index (χ0v) is 11.5. The minimum Gasteiger partial charge on any atom is -0.372 e. The topological polar surface area (TPSA) is 38.7 Å². The fraction of sp³-hybridized carbons (Fsp3) is 0.909. The van der Waals surface area contributed by atoms with Gasteiger partial charge in [-0.2, -0.15) is 17.6 Å². The minimum atomic E-state index is -4.20. The number of halogens is 3. The zero-order valence-electron chi connectivity index (χ0n) is 10.7. The monoisotopic (exact) mass is 285 g/mol. The summed E-state index contributed by atoms with van der Waals surface area (Å²) in [6.45, 7) is 4.99. The van der Waals surface area contributed by atoms with Crippen LogP contribution in [-0.4, -0.2) is 34.1 Å². The summed E-state index contributed by atoms with van der Waals surface area (Å²) in [6, 6.07) is 0. The first-order valence-corrected chi connectivity index (χ1v) is 6.86. The molecule has 1 saturated heterocycles. The van der Waals surface area contributed by atoms with E-state index in [1.807, 2.05) is 0 Å². The molecule has 1 aliphatic rings. The molecule has 0 radical (unpaired) electrons. The van der Waals surface area contributed by atoms with Gasteiger partial charge >= 0.3 is 6.18 Å². The van der Waals surface area contributed by atoms with Gasteiger partial charge in [-0.1, -0.05) is 0 Å². The summed E-state index contributed by atoms with van der Waals surface area (Å²) in [5, 5.41) is 0. The second kappa shape index (κ2) is 5.69. The highest BCUT2D eigenvalue weighted by molar-refractivity contribution is 7.85. The van der Waals surface area contributed by atoms with Crippen molar-refractivity contribution >= 4 is 17.2 Å². The molecule has 0 aromatic rings. The van der Waals surface area contributed by atoms with Gasteiger partial charge < -0.3 is 4.74 Å². The first-order valence-electron chi connectivity index (χ1n) is 5.75. The molecule has 0 saturated carbocycles. The Hall–Kier alpha value is -0.430. The summed E-state index contributed by atoms with van der Waals surface area (Å²) in [5.41, 5.74) is 0. The van der Waals surface area contributed by atoms with E-state index in [0.717, 1.165) is 0 Å². The van der Waals surface area contributed by atoms with Gasteiger partial charge in [0.1, 0.15) is 11.0 Å². The Labute approximate surface area is 107 Å². The Balaban J connectivity index is 2.45. The Morgan fingerprint density at radius 2 is 1.89 bits per heavy atom. The third-order valence-corrected chi connectivity index (χ3v) is 3.98. The average Bonchev–Trinajstić information content (AvgIpc) is 2.24. The van der Waals surface area contributed by atoms with Crippen molar-refractivity contribution in [1.82, 2.24) is 0 Å². The highest BCUT2D eigenvalue weighted by atomic mass is 32.2. The Bertz CT molecular complexity index is 328. The van der Waals surface area contributed by atoms with E-state index in [0.29, 0.717) is 0 Å². The van der Waals surface area contributed by atoms with Crippen LogP contribution in [0, 0.1) is 5.92 Å². The maximum Gasteiger partial charge on any atom is 0.394 e. The molecule has 0 bridgehead atoms. The standard InChI is InChI=1S/C11H18F3NO2S/c1-10(2,3)18(16)15-6-9-5-4-8(7-17-9)11(12,13)14/h6,8-9H,4-5,7H2,1-3H3/t8-,9+,18+/m0/s1. The zero-order chi connectivity index (χ0) is 14.0. The van der Waals surface area contributed by atoms with Crippen molar-refractivity contribution in [3.05, 3.63) is 0 Å². The van der Waals surface area contributed by atoms with Crippen LogP contribution in [0.2, 0.25) is 0 Å². The molecular weight excluding hydrogens is 267 g/mol. The van der Waals surface area contributed by atoms with E-state index in [1.165, 1.54) is 6.21 Å². The van der Waals surface area contributed by atoms with Crippen molar-refractivity contribution in [3.63, 3.8) is 0 Å². The summed E-state index contributed by atoms with van der Waals surface area (Å²) >= 11 is 0. The van der Waals surface area contributed by atoms with Gasteiger partial charge in [0, 0.05) is 6.21 Å². The molecule has 1 rings (SSSR count). The Morgan fingerprint density at radius 3 is 2.28 bits per heavy atom. The van der Waals surface area contributed by atoms with Crippen molar-refractivity contribution in [2.75, 3.05) is 6.61 Å². The summed E-state index contributed by atoms with van der Waals surface area (Å²) in [7, 11) is -1.40. The van der Waals surface area contributed by atoms with Crippen LogP contribution < -0.4 is 0 Å². The molecule has 3 nitrogen and oxygen atoms in total. The van der Waals surface area contributed by atoms with Crippen molar-refractivity contribution in [2.45, 2.75) is 50.6 Å². The Kier molecular flexibility index (Phi) is 4.94. The van der Waals surface area contributed by atoms with Crippen molar-refractivity contribution in [2.24, 2.45) is 10.3 Å². The van der Waals surface area contributed by atoms with E-state index in [2.05, 4.69) is 4.40 Å². The second-order valence-electron chi connectivity index (χ2n) is 5.30. The summed E-state index contributed by atoms with van der Waals surface area (Å²) < 4.78 is 57.2. The summed E-state index contributed by atoms with van der Waals surface area (Å²) in [4.78, 5) is 0. The number of nitrogens with zero attached hydrogens (tertiary/aromatic N) is 1. The van der Waals surface area contributed by atoms with Crippen molar-refractivity contribution in [1.29, 1.82) is 0 Å². The SMILES string of the molecule is CC(C)(C)[S@@](=O)N=C[C@H]1CC[C@H](C(F)(F)F)CO1. The van der Waals surface area contributed by atoms with Crippen LogP contribution >= 0.6 is 0 Å². The van der Waals surface area contributed by atoms with E-state index in [1.54, 1.807) is 20.8 Å². The lowest BCUT2D eigenvalue weighted by atomic mass is 9.98. The van der Waals surface area contributed by atoms with Gasteiger partial charge in [0.2, 0.25) is 0 Å². The number of hydrogen-bond acceptors (Lipinski definition) is 2. The highest BCUT2D eigenvalue weighted by Gasteiger charge is 2.41. The highest BCUT2D eigenvalue weighted by Crippen LogP contribution is 2.33. The number of hydrogen-bond donors (Lipinski definition) is 0. The number of alkyl halides is 3. The van der Waals surface area contributed by atoms with Crippen molar-refractivity contribution < 1.29 is 22.1 Å². The van der Waals surface area contributed by atoms with Gasteiger partial charge in [0.15, 0.2) is 0 Å². The quantitative estimate of drug-likeness (QED) is 0.732. The van der Waals surface area contributed by atoms with Gasteiger partial charge in [-0.3, -0.25) is 0 Å². The first kappa shape index (κ1) is 15.6. The molecule has 3 atom stereocenters. The van der Waals surface area contributed by atoms with Crippen LogP contribution in [0.4, 0.5) is 13.2 Å². The van der Waals surface area contributed by atoms with E-state index < -0.39 is 33.9 Å². The van der Waals surface area contributed by atoms with Crippen LogP contribution in [0.15, 0.2) is 4.40 Å². The first-order chi connectivity index (χ1) is 8.10. The predicted molar refractivity (Wildman–Crippen MR) is 64.9 cm³/mol. The molecule has 106 valence electrons. The van der Waals surface area contributed by atoms with Crippen molar-refractivity contribution in [3.8, 4) is 0 Å². The smallest absolute Gasteiger partial charge is 0.372 e. The van der Waals surface area contributed by atoms with E-state index >= 15 is 0 Å². The molecule has 1 aliphatic heterocycles. The normalized spacial score (nSPS) is 28.6. The lowest BCUT2D eigenvalue weighted by molar-refractivity contribution is -0.202. The lowest BCUT2D eigenvalue weighted by Crippen LogP contribution is -2.35. The van der Waals surface area contributed by atoms with Crippen LogP contribution in [0.5, 0.6) is 0 Å². The van der Waals surface area contributed by atoms with Crippen LogP contribution in [0.3, 0.4) is 0 Å². The molecule has 1 heterocycles. The van der Waals surface area contributed by atoms with Gasteiger partial charge in [-0.15, -0.1) is 0 Å². The fourth-order valence-corrected chi connectivity index (χ4v) is 1.99. The number of rotatable bonds is 2. The molecule has 0 aromatic heterocycles. The third kappa shape index (κ3) is 4.68. The maximum atomic E-state index is 12.4. The van der Waals surface area contributed by atoms with E-state index in [-0.39, 0.29) is 19.4 Å². The van der Waals surface area contributed by atoms with Gasteiger partial charge in [-0.25, -0.2) is 4.21 Å². The number of ether oxygens (including phenoxy) is 1. The molecule has 0 aromatic carbocycles. The molecule has 0 unspecified atom stereocenters. The molecular formula is C11H18F3NO2S. The summed E-state index contributed by atoms with van der Waals surface area (Å²) in [6.07, 6.45) is -3.00. The molecule has 18 heavy (non-hydrogen) atoms. The minimum absolute atomic E-state index is 0.0301. The van der Waals surface area contributed by atoms with E-state index in [4.69, 9.17) is 4.74 Å². The largest absolute Gasteiger partial charge is 0.394 e. The van der Waals surface area contributed by atoms with Gasteiger partial charge in [0.05, 0.1) is 23.4 Å². The fourth-order valence-electron chi connectivity index (χ4n) is 1.43. The molecule has 0 N–H and O–H groups in total. The molecule has 0 spiro atoms. The van der Waals surface area contributed by atoms with Gasteiger partial charge in [-0.05, 0) is 33.6 Å². The molecule has 7 heteroatoms. The summed E-state index contributed by atoms with van der Waals surface area (Å²) in [5.74, 6) is -1.39. The van der Waals surface area contributed by atoms with Gasteiger partial charge in [0.25, 0.3) is 0 Å². The molecule has 0 aliphatic carbocycles. The molecule has 1 fully saturated rings. The predicted octanol–water partition coefficient (Wildman–Crippen LogP) is 2.88. The van der Waals surface area contributed by atoms with Crippen LogP contribution in [0.1, 0.15) is 33.6 Å².